The molecule has 0 aromatic heterocycles. The van der Waals surface area contributed by atoms with Crippen LogP contribution in [-0.2, 0) is 0 Å². The average molecular weight is 180 g/mol. The van der Waals surface area contributed by atoms with Gasteiger partial charge in [-0.2, -0.15) is 5.56 Å². The van der Waals surface area contributed by atoms with Crippen LogP contribution in [0, 0.1) is 6.08 Å². The van der Waals surface area contributed by atoms with Crippen LogP contribution in [0.25, 0.3) is 5.57 Å². The van der Waals surface area contributed by atoms with E-state index in [0.717, 1.165) is 6.42 Å². The number of unbranched alkanes of at least 4 members (excludes halogenated alkanes) is 1. The maximum Gasteiger partial charge on any atom is 1.00 e. The van der Waals surface area contributed by atoms with E-state index in [9.17, 15) is 0 Å². The first-order chi connectivity index (χ1) is 6.38. The van der Waals surface area contributed by atoms with Crippen LogP contribution in [0.3, 0.4) is 0 Å². The van der Waals surface area contributed by atoms with Crippen LogP contribution in [-0.4, -0.2) is 0 Å². The Morgan fingerprint density at radius 2 is 1.86 bits per heavy atom. The molecule has 1 rings (SSSR count). The molecule has 14 heavy (non-hydrogen) atoms. The van der Waals surface area contributed by atoms with Gasteiger partial charge in [0.15, 0.2) is 0 Å². The van der Waals surface area contributed by atoms with E-state index in [4.69, 9.17) is 0 Å². The molecule has 0 nitrogen and oxygen atoms in total. The summed E-state index contributed by atoms with van der Waals surface area (Å²) in [5.74, 6) is 0. The molecule has 70 valence electrons. The Hall–Kier alpha value is -0.443. The zero-order valence-corrected chi connectivity index (χ0v) is 9.51. The van der Waals surface area contributed by atoms with Gasteiger partial charge in [-0.05, 0) is 0 Å². The summed E-state index contributed by atoms with van der Waals surface area (Å²) >= 11 is 0. The predicted molar refractivity (Wildman–Crippen MR) is 58.3 cm³/mol. The van der Waals surface area contributed by atoms with Gasteiger partial charge in [0.25, 0.3) is 0 Å². The fourth-order valence-corrected chi connectivity index (χ4v) is 1.41. The quantitative estimate of drug-likeness (QED) is 0.480. The van der Waals surface area contributed by atoms with Crippen LogP contribution < -0.4 is 18.9 Å². The number of allylic oxidation sites excluding steroid dienone is 2. The number of hydrogen-bond donors (Lipinski definition) is 0. The van der Waals surface area contributed by atoms with Crippen molar-refractivity contribution in [1.82, 2.24) is 0 Å². The van der Waals surface area contributed by atoms with E-state index in [1.807, 2.05) is 6.92 Å². The van der Waals surface area contributed by atoms with Crippen molar-refractivity contribution >= 4 is 5.57 Å². The normalized spacial score (nSPS) is 10.9. The Balaban J connectivity index is 0.00000169. The summed E-state index contributed by atoms with van der Waals surface area (Å²) in [6, 6.07) is 10.5. The Morgan fingerprint density at radius 1 is 1.21 bits per heavy atom. The minimum atomic E-state index is 0. The monoisotopic (exact) mass is 180 g/mol. The van der Waals surface area contributed by atoms with Gasteiger partial charge in [0.2, 0.25) is 0 Å². The summed E-state index contributed by atoms with van der Waals surface area (Å²) in [7, 11) is 0. The van der Waals surface area contributed by atoms with E-state index in [-0.39, 0.29) is 18.9 Å². The van der Waals surface area contributed by atoms with E-state index in [0.29, 0.717) is 0 Å². The van der Waals surface area contributed by atoms with Gasteiger partial charge < -0.3 is 0 Å². The van der Waals surface area contributed by atoms with Gasteiger partial charge in [-0.15, -0.1) is 19.1 Å². The zero-order valence-electron chi connectivity index (χ0n) is 9.51. The second-order valence-corrected chi connectivity index (χ2v) is 3.20. The van der Waals surface area contributed by atoms with Crippen molar-refractivity contribution in [1.29, 1.82) is 0 Å². The maximum absolute atomic E-state index is 3.27. The van der Waals surface area contributed by atoms with Crippen LogP contribution >= 0.6 is 0 Å². The second kappa shape index (κ2) is 7.92. The molecule has 0 spiro atoms. The Kier molecular flexibility index (Phi) is 7.66. The van der Waals surface area contributed by atoms with Gasteiger partial charge in [-0.3, -0.25) is 6.08 Å². The predicted octanol–water partition coefficient (Wildman–Crippen LogP) is 1.09. The van der Waals surface area contributed by atoms with Crippen molar-refractivity contribution in [3.05, 3.63) is 42.0 Å². The van der Waals surface area contributed by atoms with Crippen LogP contribution in [0.1, 0.15) is 38.7 Å². The third-order valence-corrected chi connectivity index (χ3v) is 2.20. The standard InChI is InChI=1S/C13H17.Li/c1-3-5-9-12(4-2)13-10-7-6-8-11-13;/h6-8,10-11H,3,5,9H2,1-2H3;/q-1;+1. The molecule has 0 bridgehead atoms. The SMILES string of the molecule is C[C-]=C(CCCC)c1ccccc1.[Li+]. The average Bonchev–Trinajstić information content (AvgIpc) is 2.21. The first-order valence-electron chi connectivity index (χ1n) is 4.97. The van der Waals surface area contributed by atoms with Gasteiger partial charge in [0.05, 0.1) is 0 Å². The molecule has 0 saturated carbocycles. The molecule has 0 heterocycles. The molecule has 0 unspecified atom stereocenters. The molecule has 1 heteroatoms. The van der Waals surface area contributed by atoms with Gasteiger partial charge in [-0.1, -0.05) is 44.4 Å². The summed E-state index contributed by atoms with van der Waals surface area (Å²) in [4.78, 5) is 0. The van der Waals surface area contributed by atoms with Crippen LogP contribution in [0.5, 0.6) is 0 Å². The van der Waals surface area contributed by atoms with Gasteiger partial charge >= 0.3 is 18.9 Å². The van der Waals surface area contributed by atoms with Crippen molar-refractivity contribution in [3.63, 3.8) is 0 Å². The summed E-state index contributed by atoms with van der Waals surface area (Å²) in [5, 5.41) is 0. The number of rotatable bonds is 4. The molecule has 0 fully saturated rings. The molecule has 0 N–H and O–H groups in total. The molecule has 1 aromatic rings. The molecule has 0 aliphatic carbocycles. The fourth-order valence-electron chi connectivity index (χ4n) is 1.41. The minimum absolute atomic E-state index is 0. The molecule has 0 atom stereocenters. The first kappa shape index (κ1) is 13.6. The van der Waals surface area contributed by atoms with Crippen LogP contribution in [0.4, 0.5) is 0 Å². The van der Waals surface area contributed by atoms with Crippen molar-refractivity contribution < 1.29 is 18.9 Å². The third-order valence-electron chi connectivity index (χ3n) is 2.20. The second-order valence-electron chi connectivity index (χ2n) is 3.20. The Labute approximate surface area is 99.6 Å². The van der Waals surface area contributed by atoms with Crippen molar-refractivity contribution in [3.8, 4) is 0 Å². The fraction of sp³-hybridized carbons (Fsp3) is 0.385. The van der Waals surface area contributed by atoms with E-state index in [1.54, 1.807) is 0 Å². The summed E-state index contributed by atoms with van der Waals surface area (Å²) in [5.41, 5.74) is 2.67. The van der Waals surface area contributed by atoms with Crippen molar-refractivity contribution in [2.24, 2.45) is 0 Å². The molecule has 0 aliphatic rings. The molecule has 0 radical (unpaired) electrons. The molecule has 1 aromatic carbocycles. The zero-order chi connectivity index (χ0) is 9.52. The molecular weight excluding hydrogens is 163 g/mol. The largest absolute Gasteiger partial charge is 1.00 e. The van der Waals surface area contributed by atoms with Crippen molar-refractivity contribution in [2.45, 2.75) is 33.1 Å². The summed E-state index contributed by atoms with van der Waals surface area (Å²) < 4.78 is 0. The topological polar surface area (TPSA) is 0 Å². The van der Waals surface area contributed by atoms with Crippen molar-refractivity contribution in [2.75, 3.05) is 0 Å². The molecule has 0 aliphatic heterocycles. The smallest absolute Gasteiger partial charge is 0.275 e. The molecular formula is C13H17Li. The van der Waals surface area contributed by atoms with Gasteiger partial charge in [0, 0.05) is 0 Å². The molecule has 0 amide bonds. The maximum atomic E-state index is 3.27. The van der Waals surface area contributed by atoms with E-state index in [2.05, 4.69) is 43.3 Å². The van der Waals surface area contributed by atoms with E-state index in [1.165, 1.54) is 24.0 Å². The summed E-state index contributed by atoms with van der Waals surface area (Å²) in [6.45, 7) is 4.22. The number of hydrogen-bond acceptors (Lipinski definition) is 0. The first-order valence-corrected chi connectivity index (χ1v) is 4.97. The van der Waals surface area contributed by atoms with Crippen LogP contribution in [0.15, 0.2) is 30.3 Å². The minimum Gasteiger partial charge on any atom is -0.275 e. The Bertz CT molecular complexity index is 262. The van der Waals surface area contributed by atoms with Gasteiger partial charge in [0.1, 0.15) is 0 Å². The molecule has 0 saturated heterocycles. The van der Waals surface area contributed by atoms with E-state index >= 15 is 0 Å². The summed E-state index contributed by atoms with van der Waals surface area (Å²) in [6.07, 6.45) is 6.92. The van der Waals surface area contributed by atoms with E-state index < -0.39 is 0 Å². The Morgan fingerprint density at radius 3 is 2.36 bits per heavy atom. The van der Waals surface area contributed by atoms with Gasteiger partial charge in [-0.25, -0.2) is 5.57 Å². The van der Waals surface area contributed by atoms with Crippen LogP contribution in [0.2, 0.25) is 0 Å². The third kappa shape index (κ3) is 4.18. The number of benzene rings is 1.